The van der Waals surface area contributed by atoms with Crippen molar-refractivity contribution in [2.45, 2.75) is 19.3 Å². The molecule has 1 fully saturated rings. The van der Waals surface area contributed by atoms with Crippen molar-refractivity contribution in [1.29, 1.82) is 0 Å². The lowest BCUT2D eigenvalue weighted by Crippen LogP contribution is -2.38. The molecule has 0 unspecified atom stereocenters. The summed E-state index contributed by atoms with van der Waals surface area (Å²) in [4.78, 5) is 19.2. The fourth-order valence-corrected chi connectivity index (χ4v) is 4.01. The van der Waals surface area contributed by atoms with Crippen LogP contribution in [0.25, 0.3) is 11.1 Å². The number of halogens is 2. The molecule has 1 saturated heterocycles. The molecule has 1 aromatic heterocycles. The maximum Gasteiger partial charge on any atom is 0.139 e. The highest BCUT2D eigenvalue weighted by Gasteiger charge is 2.11. The van der Waals surface area contributed by atoms with E-state index in [2.05, 4.69) is 9.88 Å². The molecule has 5 nitrogen and oxygen atoms in total. The first-order chi connectivity index (χ1) is 16.5. The van der Waals surface area contributed by atoms with Crippen molar-refractivity contribution in [3.05, 3.63) is 82.9 Å². The van der Waals surface area contributed by atoms with Gasteiger partial charge in [-0.25, -0.2) is 4.39 Å². The van der Waals surface area contributed by atoms with Crippen molar-refractivity contribution in [2.75, 3.05) is 39.5 Å². The molecule has 0 aliphatic carbocycles. The van der Waals surface area contributed by atoms with Crippen molar-refractivity contribution >= 4 is 17.4 Å². The van der Waals surface area contributed by atoms with Gasteiger partial charge in [0.2, 0.25) is 0 Å². The van der Waals surface area contributed by atoms with Gasteiger partial charge in [0, 0.05) is 61.0 Å². The lowest BCUT2D eigenvalue weighted by molar-refractivity contribution is -0.118. The van der Waals surface area contributed by atoms with Gasteiger partial charge in [-0.1, -0.05) is 29.8 Å². The highest BCUT2D eigenvalue weighted by Crippen LogP contribution is 2.21. The van der Waals surface area contributed by atoms with E-state index in [1.54, 1.807) is 6.20 Å². The van der Waals surface area contributed by atoms with Crippen molar-refractivity contribution in [1.82, 2.24) is 9.88 Å². The van der Waals surface area contributed by atoms with Crippen LogP contribution >= 0.6 is 11.6 Å². The number of aromatic nitrogens is 1. The highest BCUT2D eigenvalue weighted by molar-refractivity contribution is 6.30. The van der Waals surface area contributed by atoms with Crippen molar-refractivity contribution in [3.8, 4) is 16.9 Å². The van der Waals surface area contributed by atoms with Crippen molar-refractivity contribution in [3.63, 3.8) is 0 Å². The van der Waals surface area contributed by atoms with Gasteiger partial charge >= 0.3 is 0 Å². The van der Waals surface area contributed by atoms with Crippen molar-refractivity contribution in [2.24, 2.45) is 0 Å². The normalized spacial score (nSPS) is 14.2. The fraction of sp³-hybridized carbons (Fsp3) is 0.333. The van der Waals surface area contributed by atoms with E-state index >= 15 is 0 Å². The fourth-order valence-electron chi connectivity index (χ4n) is 3.88. The van der Waals surface area contributed by atoms with E-state index in [1.165, 1.54) is 12.1 Å². The number of hydrogen-bond donors (Lipinski definition) is 0. The number of rotatable bonds is 10. The van der Waals surface area contributed by atoms with Gasteiger partial charge < -0.3 is 9.47 Å². The van der Waals surface area contributed by atoms with E-state index in [9.17, 15) is 9.18 Å². The van der Waals surface area contributed by atoms with Crippen molar-refractivity contribution < 1.29 is 18.7 Å². The van der Waals surface area contributed by atoms with Gasteiger partial charge in [-0.3, -0.25) is 14.7 Å². The standard InChI is InChI=1S/C27H28ClFN2O3/c28-23-5-2-21(3-6-23)22-4-7-25(30-19-22)18-26(32)8-1-20-15-24(29)17-27(16-20)34-14-11-31-9-12-33-13-10-31/h2-7,15-17,19H,1,8-14,18H2. The van der Waals surface area contributed by atoms with E-state index in [4.69, 9.17) is 21.1 Å². The Morgan fingerprint density at radius 3 is 2.56 bits per heavy atom. The molecular weight excluding hydrogens is 455 g/mol. The van der Waals surface area contributed by atoms with Crippen LogP contribution in [0.2, 0.25) is 5.02 Å². The minimum atomic E-state index is -0.356. The Kier molecular flexibility index (Phi) is 8.63. The van der Waals surface area contributed by atoms with Crippen LogP contribution in [0.3, 0.4) is 0 Å². The Labute approximate surface area is 204 Å². The first-order valence-corrected chi connectivity index (χ1v) is 11.9. The van der Waals surface area contributed by atoms with Crippen LogP contribution in [-0.2, 0) is 22.4 Å². The minimum Gasteiger partial charge on any atom is -0.492 e. The molecule has 2 aromatic carbocycles. The topological polar surface area (TPSA) is 51.7 Å². The van der Waals surface area contributed by atoms with Crippen LogP contribution in [0.4, 0.5) is 4.39 Å². The summed E-state index contributed by atoms with van der Waals surface area (Å²) in [6, 6.07) is 16.0. The third-order valence-electron chi connectivity index (χ3n) is 5.78. The Hall–Kier alpha value is -2.80. The molecule has 34 heavy (non-hydrogen) atoms. The Bertz CT molecular complexity index is 1080. The largest absolute Gasteiger partial charge is 0.492 e. The predicted octanol–water partition coefficient (Wildman–Crippen LogP) is 5.00. The summed E-state index contributed by atoms with van der Waals surface area (Å²) in [5.41, 5.74) is 3.45. The average Bonchev–Trinajstić information content (AvgIpc) is 2.84. The summed E-state index contributed by atoms with van der Waals surface area (Å²) in [5, 5.41) is 0.684. The van der Waals surface area contributed by atoms with Crippen LogP contribution in [-0.4, -0.2) is 55.1 Å². The first-order valence-electron chi connectivity index (χ1n) is 11.5. The van der Waals surface area contributed by atoms with Crippen LogP contribution in [0, 0.1) is 5.82 Å². The molecule has 0 bridgehead atoms. The summed E-state index contributed by atoms with van der Waals surface area (Å²) >= 11 is 5.94. The Morgan fingerprint density at radius 2 is 1.82 bits per heavy atom. The van der Waals surface area contributed by atoms with E-state index in [1.807, 2.05) is 42.5 Å². The second-order valence-corrected chi connectivity index (χ2v) is 8.79. The number of carbonyl (C=O) groups is 1. The molecule has 0 atom stereocenters. The lowest BCUT2D eigenvalue weighted by atomic mass is 10.0. The molecular formula is C27H28ClFN2O3. The number of Topliss-reactive ketones (excluding diaryl/α,β-unsaturated/α-hetero) is 1. The summed E-state index contributed by atoms with van der Waals surface area (Å²) in [5.74, 6) is 0.201. The number of carbonyl (C=O) groups excluding carboxylic acids is 1. The van der Waals surface area contributed by atoms with Gasteiger partial charge in [-0.05, 0) is 47.9 Å². The number of morpholine rings is 1. The molecule has 3 aromatic rings. The second-order valence-electron chi connectivity index (χ2n) is 8.36. The van der Waals surface area contributed by atoms with Gasteiger partial charge in [0.1, 0.15) is 24.0 Å². The number of ether oxygens (including phenoxy) is 2. The number of benzene rings is 2. The summed E-state index contributed by atoms with van der Waals surface area (Å²) in [6.45, 7) is 4.51. The lowest BCUT2D eigenvalue weighted by Gasteiger charge is -2.26. The first kappa shape index (κ1) is 24.3. The summed E-state index contributed by atoms with van der Waals surface area (Å²) in [6.07, 6.45) is 2.79. The van der Waals surface area contributed by atoms with Gasteiger partial charge in [0.15, 0.2) is 0 Å². The smallest absolute Gasteiger partial charge is 0.139 e. The molecule has 178 valence electrons. The highest BCUT2D eigenvalue weighted by atomic mass is 35.5. The van der Waals surface area contributed by atoms with Gasteiger partial charge in [-0.15, -0.1) is 0 Å². The molecule has 1 aliphatic heterocycles. The van der Waals surface area contributed by atoms with E-state index in [0.29, 0.717) is 35.9 Å². The Balaban J connectivity index is 1.25. The van der Waals surface area contributed by atoms with Gasteiger partial charge in [0.25, 0.3) is 0 Å². The summed E-state index contributed by atoms with van der Waals surface area (Å²) in [7, 11) is 0. The third kappa shape index (κ3) is 7.35. The molecule has 7 heteroatoms. The van der Waals surface area contributed by atoms with Crippen LogP contribution in [0.5, 0.6) is 5.75 Å². The van der Waals surface area contributed by atoms with Crippen LogP contribution in [0.15, 0.2) is 60.8 Å². The van der Waals surface area contributed by atoms with E-state index in [0.717, 1.165) is 49.5 Å². The van der Waals surface area contributed by atoms with Crippen LogP contribution in [0.1, 0.15) is 17.7 Å². The predicted molar refractivity (Wildman–Crippen MR) is 131 cm³/mol. The quantitative estimate of drug-likeness (QED) is 0.407. The van der Waals surface area contributed by atoms with Gasteiger partial charge in [0.05, 0.1) is 13.2 Å². The maximum atomic E-state index is 14.1. The van der Waals surface area contributed by atoms with E-state index in [-0.39, 0.29) is 18.0 Å². The molecule has 0 radical (unpaired) electrons. The SMILES string of the molecule is O=C(CCc1cc(F)cc(OCCN2CCOCC2)c1)Cc1ccc(-c2ccc(Cl)cc2)cn1. The monoisotopic (exact) mass is 482 g/mol. The molecule has 0 N–H and O–H groups in total. The minimum absolute atomic E-state index is 0.0609. The van der Waals surface area contributed by atoms with Gasteiger partial charge in [-0.2, -0.15) is 0 Å². The number of nitrogens with zero attached hydrogens (tertiary/aromatic N) is 2. The number of ketones is 1. The number of aryl methyl sites for hydroxylation is 1. The molecule has 4 rings (SSSR count). The molecule has 2 heterocycles. The zero-order chi connectivity index (χ0) is 23.8. The average molecular weight is 483 g/mol. The third-order valence-corrected chi connectivity index (χ3v) is 6.04. The number of hydrogen-bond acceptors (Lipinski definition) is 5. The summed E-state index contributed by atoms with van der Waals surface area (Å²) < 4.78 is 25.2. The van der Waals surface area contributed by atoms with Crippen LogP contribution < -0.4 is 4.74 Å². The zero-order valence-electron chi connectivity index (χ0n) is 19.0. The molecule has 0 saturated carbocycles. The zero-order valence-corrected chi connectivity index (χ0v) is 19.8. The second kappa shape index (κ2) is 12.1. The maximum absolute atomic E-state index is 14.1. The molecule has 0 spiro atoms. The molecule has 1 aliphatic rings. The Morgan fingerprint density at radius 1 is 1.06 bits per heavy atom. The van der Waals surface area contributed by atoms with E-state index < -0.39 is 0 Å². The number of pyridine rings is 1. The molecule has 0 amide bonds.